The molecule has 1 aromatic rings. The third kappa shape index (κ3) is 3.70. The van der Waals surface area contributed by atoms with Crippen LogP contribution < -0.4 is 4.74 Å². The van der Waals surface area contributed by atoms with Crippen LogP contribution in [0.25, 0.3) is 0 Å². The fourth-order valence-electron chi connectivity index (χ4n) is 2.18. The van der Waals surface area contributed by atoms with Gasteiger partial charge in [-0.3, -0.25) is 4.79 Å². The Hall–Kier alpha value is -1.07. The Bertz CT molecular complexity index is 456. The highest BCUT2D eigenvalue weighted by Crippen LogP contribution is 2.28. The number of ether oxygens (including phenoxy) is 1. The number of halogens is 1. The summed E-state index contributed by atoms with van der Waals surface area (Å²) in [7, 11) is 0. The molecule has 19 heavy (non-hydrogen) atoms. The first-order chi connectivity index (χ1) is 9.08. The highest BCUT2D eigenvalue weighted by atomic mass is 79.9. The zero-order chi connectivity index (χ0) is 13.8. The standard InChI is InChI=1S/C14H18BrNO3/c1-10(17)12-5-4-11(15)8-13(12)19-9-14(18)16-6-2-3-7-16/h4-5,8,10,17H,2-3,6-7,9H2,1H3/t10-/m0/s1. The minimum atomic E-state index is -0.620. The molecule has 1 heterocycles. The maximum Gasteiger partial charge on any atom is 0.260 e. The van der Waals surface area contributed by atoms with Gasteiger partial charge in [-0.1, -0.05) is 22.0 Å². The molecule has 1 fully saturated rings. The lowest BCUT2D eigenvalue weighted by molar-refractivity contribution is -0.132. The second-order valence-corrected chi connectivity index (χ2v) is 5.65. The molecule has 5 heteroatoms. The van der Waals surface area contributed by atoms with Crippen molar-refractivity contribution in [2.45, 2.75) is 25.9 Å². The van der Waals surface area contributed by atoms with E-state index in [1.54, 1.807) is 19.1 Å². The smallest absolute Gasteiger partial charge is 0.260 e. The molecule has 0 unspecified atom stereocenters. The third-order valence-electron chi connectivity index (χ3n) is 3.24. The van der Waals surface area contributed by atoms with E-state index in [2.05, 4.69) is 15.9 Å². The van der Waals surface area contributed by atoms with Crippen molar-refractivity contribution in [3.8, 4) is 5.75 Å². The maximum atomic E-state index is 11.9. The first kappa shape index (κ1) is 14.3. The SMILES string of the molecule is C[C@H](O)c1ccc(Br)cc1OCC(=O)N1CCCC1. The van der Waals surface area contributed by atoms with E-state index in [0.717, 1.165) is 30.4 Å². The van der Waals surface area contributed by atoms with Gasteiger partial charge in [0.05, 0.1) is 6.10 Å². The van der Waals surface area contributed by atoms with E-state index in [4.69, 9.17) is 4.74 Å². The molecule has 4 nitrogen and oxygen atoms in total. The van der Waals surface area contributed by atoms with Gasteiger partial charge in [-0.2, -0.15) is 0 Å². The Morgan fingerprint density at radius 3 is 2.79 bits per heavy atom. The summed E-state index contributed by atoms with van der Waals surface area (Å²) in [6.45, 7) is 3.35. The second kappa shape index (κ2) is 6.39. The van der Waals surface area contributed by atoms with E-state index in [9.17, 15) is 9.90 Å². The van der Waals surface area contributed by atoms with Crippen molar-refractivity contribution in [1.82, 2.24) is 4.90 Å². The Morgan fingerprint density at radius 2 is 2.16 bits per heavy atom. The van der Waals surface area contributed by atoms with E-state index in [1.165, 1.54) is 0 Å². The van der Waals surface area contributed by atoms with Crippen LogP contribution in [-0.4, -0.2) is 35.6 Å². The van der Waals surface area contributed by atoms with Gasteiger partial charge in [0.2, 0.25) is 0 Å². The Balaban J connectivity index is 2.01. The Morgan fingerprint density at radius 1 is 1.47 bits per heavy atom. The van der Waals surface area contributed by atoms with Crippen molar-refractivity contribution < 1.29 is 14.6 Å². The van der Waals surface area contributed by atoms with Crippen LogP contribution in [0.3, 0.4) is 0 Å². The molecule has 1 N–H and O–H groups in total. The van der Waals surface area contributed by atoms with E-state index in [-0.39, 0.29) is 12.5 Å². The van der Waals surface area contributed by atoms with Crippen molar-refractivity contribution in [2.75, 3.05) is 19.7 Å². The number of benzene rings is 1. The van der Waals surface area contributed by atoms with Gasteiger partial charge in [-0.15, -0.1) is 0 Å². The lowest BCUT2D eigenvalue weighted by Crippen LogP contribution is -2.32. The average molecular weight is 328 g/mol. The average Bonchev–Trinajstić information content (AvgIpc) is 2.89. The number of carbonyl (C=O) groups excluding carboxylic acids is 1. The van der Waals surface area contributed by atoms with E-state index in [1.807, 2.05) is 11.0 Å². The fraction of sp³-hybridized carbons (Fsp3) is 0.500. The van der Waals surface area contributed by atoms with Gasteiger partial charge in [0, 0.05) is 23.1 Å². The van der Waals surface area contributed by atoms with Crippen molar-refractivity contribution in [2.24, 2.45) is 0 Å². The maximum absolute atomic E-state index is 11.9. The van der Waals surface area contributed by atoms with Crippen molar-refractivity contribution in [3.63, 3.8) is 0 Å². The molecular weight excluding hydrogens is 310 g/mol. The topological polar surface area (TPSA) is 49.8 Å². The van der Waals surface area contributed by atoms with E-state index >= 15 is 0 Å². The third-order valence-corrected chi connectivity index (χ3v) is 3.73. The first-order valence-corrected chi connectivity index (χ1v) is 7.25. The normalized spacial score (nSPS) is 16.5. The summed E-state index contributed by atoms with van der Waals surface area (Å²) in [6, 6.07) is 5.42. The summed E-state index contributed by atoms with van der Waals surface area (Å²) in [5, 5.41) is 9.68. The second-order valence-electron chi connectivity index (χ2n) is 4.73. The number of nitrogens with zero attached hydrogens (tertiary/aromatic N) is 1. The summed E-state index contributed by atoms with van der Waals surface area (Å²) in [4.78, 5) is 13.7. The van der Waals surface area contributed by atoms with Crippen LogP contribution in [0.4, 0.5) is 0 Å². The van der Waals surface area contributed by atoms with E-state index in [0.29, 0.717) is 11.3 Å². The van der Waals surface area contributed by atoms with Gasteiger partial charge in [-0.25, -0.2) is 0 Å². The molecule has 1 atom stereocenters. The summed E-state index contributed by atoms with van der Waals surface area (Å²) in [5.74, 6) is 0.561. The van der Waals surface area contributed by atoms with Gasteiger partial charge in [0.25, 0.3) is 5.91 Å². The monoisotopic (exact) mass is 327 g/mol. The summed E-state index contributed by atoms with van der Waals surface area (Å²) in [5.41, 5.74) is 0.692. The predicted molar refractivity (Wildman–Crippen MR) is 76.1 cm³/mol. The minimum Gasteiger partial charge on any atom is -0.483 e. The molecular formula is C14H18BrNO3. The quantitative estimate of drug-likeness (QED) is 0.924. The largest absolute Gasteiger partial charge is 0.483 e. The lowest BCUT2D eigenvalue weighted by Gasteiger charge is -2.17. The molecule has 1 aromatic carbocycles. The zero-order valence-corrected chi connectivity index (χ0v) is 12.5. The Labute approximate surface area is 121 Å². The van der Waals surface area contributed by atoms with Crippen molar-refractivity contribution in [3.05, 3.63) is 28.2 Å². The number of hydrogen-bond acceptors (Lipinski definition) is 3. The first-order valence-electron chi connectivity index (χ1n) is 6.46. The number of carbonyl (C=O) groups is 1. The van der Waals surface area contributed by atoms with Gasteiger partial charge in [-0.05, 0) is 31.9 Å². The number of rotatable bonds is 4. The van der Waals surface area contributed by atoms with Crippen LogP contribution in [0.1, 0.15) is 31.4 Å². The minimum absolute atomic E-state index is 0.00835. The molecule has 0 saturated carbocycles. The van der Waals surface area contributed by atoms with Crippen LogP contribution >= 0.6 is 15.9 Å². The van der Waals surface area contributed by atoms with Crippen LogP contribution in [0, 0.1) is 0 Å². The van der Waals surface area contributed by atoms with Gasteiger partial charge < -0.3 is 14.7 Å². The summed E-state index contributed by atoms with van der Waals surface area (Å²) >= 11 is 3.36. The molecule has 0 bridgehead atoms. The van der Waals surface area contributed by atoms with E-state index < -0.39 is 6.10 Å². The highest BCUT2D eigenvalue weighted by Gasteiger charge is 2.19. The molecule has 0 aliphatic carbocycles. The number of amides is 1. The van der Waals surface area contributed by atoms with Gasteiger partial charge >= 0.3 is 0 Å². The van der Waals surface area contributed by atoms with Crippen LogP contribution in [0.15, 0.2) is 22.7 Å². The number of hydrogen-bond donors (Lipinski definition) is 1. The predicted octanol–water partition coefficient (Wildman–Crippen LogP) is 2.50. The number of aliphatic hydroxyl groups excluding tert-OH is 1. The summed E-state index contributed by atoms with van der Waals surface area (Å²) in [6.07, 6.45) is 1.52. The van der Waals surface area contributed by atoms with Gasteiger partial charge in [0.1, 0.15) is 5.75 Å². The fourth-order valence-corrected chi connectivity index (χ4v) is 2.52. The highest BCUT2D eigenvalue weighted by molar-refractivity contribution is 9.10. The zero-order valence-electron chi connectivity index (χ0n) is 10.9. The molecule has 2 rings (SSSR count). The molecule has 1 aliphatic heterocycles. The van der Waals surface area contributed by atoms with Gasteiger partial charge in [0.15, 0.2) is 6.61 Å². The molecule has 1 amide bonds. The molecule has 104 valence electrons. The van der Waals surface area contributed by atoms with Crippen LogP contribution in [-0.2, 0) is 4.79 Å². The lowest BCUT2D eigenvalue weighted by atomic mass is 10.1. The van der Waals surface area contributed by atoms with Crippen molar-refractivity contribution >= 4 is 21.8 Å². The molecule has 1 aliphatic rings. The molecule has 1 saturated heterocycles. The van der Waals surface area contributed by atoms with Crippen LogP contribution in [0.5, 0.6) is 5.75 Å². The van der Waals surface area contributed by atoms with Crippen molar-refractivity contribution in [1.29, 1.82) is 0 Å². The molecule has 0 spiro atoms. The summed E-state index contributed by atoms with van der Waals surface area (Å²) < 4.78 is 6.43. The number of likely N-dealkylation sites (tertiary alicyclic amines) is 1. The van der Waals surface area contributed by atoms with Crippen LogP contribution in [0.2, 0.25) is 0 Å². The number of aliphatic hydroxyl groups is 1. The Kier molecular flexibility index (Phi) is 4.82. The molecule has 0 aromatic heterocycles. The molecule has 0 radical (unpaired) electrons.